The fraction of sp³-hybridized carbons (Fsp3) is 0.167. The number of nitrogens with two attached hydrogens (primary N) is 1. The molecular formula is C12H12N6. The first-order chi connectivity index (χ1) is 8.78. The smallest absolute Gasteiger partial charge is 0.253 e. The molecule has 0 fully saturated rings. The Morgan fingerprint density at radius 3 is 2.89 bits per heavy atom. The molecule has 18 heavy (non-hydrogen) atoms. The van der Waals surface area contributed by atoms with E-state index in [1.165, 1.54) is 0 Å². The molecule has 2 N–H and O–H groups in total. The summed E-state index contributed by atoms with van der Waals surface area (Å²) in [6, 6.07) is 9.55. The van der Waals surface area contributed by atoms with Crippen molar-refractivity contribution in [3.63, 3.8) is 0 Å². The first-order valence-electron chi connectivity index (χ1n) is 5.63. The lowest BCUT2D eigenvalue weighted by Crippen LogP contribution is -2.09. The molecule has 3 rings (SSSR count). The number of aryl methyl sites for hydroxylation is 1. The summed E-state index contributed by atoms with van der Waals surface area (Å²) in [6.45, 7) is 2.28. The Kier molecular flexibility index (Phi) is 2.49. The zero-order valence-corrected chi connectivity index (χ0v) is 9.91. The number of para-hydroxylation sites is 1. The summed E-state index contributed by atoms with van der Waals surface area (Å²) in [5.74, 6) is 0.504. The molecule has 0 aliphatic heterocycles. The molecule has 0 aliphatic rings. The standard InChI is InChI=1S/C12H12N6/c1-8-6-9(7-13)15-12(14-8)18-11-5-3-2-4-10(11)16-17-18/h2-6H,7,13H2,1H3. The van der Waals surface area contributed by atoms with Crippen molar-refractivity contribution in [2.75, 3.05) is 0 Å². The van der Waals surface area contributed by atoms with Crippen molar-refractivity contribution in [1.29, 1.82) is 0 Å². The van der Waals surface area contributed by atoms with Gasteiger partial charge in [-0.15, -0.1) is 5.10 Å². The fourth-order valence-electron chi connectivity index (χ4n) is 1.83. The van der Waals surface area contributed by atoms with Crippen molar-refractivity contribution < 1.29 is 0 Å². The van der Waals surface area contributed by atoms with Crippen LogP contribution >= 0.6 is 0 Å². The maximum Gasteiger partial charge on any atom is 0.253 e. The van der Waals surface area contributed by atoms with Gasteiger partial charge in [0.1, 0.15) is 5.52 Å². The molecule has 0 radical (unpaired) electrons. The van der Waals surface area contributed by atoms with Crippen molar-refractivity contribution in [3.05, 3.63) is 41.7 Å². The third-order valence-electron chi connectivity index (χ3n) is 2.65. The Balaban J connectivity index is 2.22. The van der Waals surface area contributed by atoms with Crippen LogP contribution in [0.4, 0.5) is 0 Å². The quantitative estimate of drug-likeness (QED) is 0.722. The predicted molar refractivity (Wildman–Crippen MR) is 67.1 cm³/mol. The maximum atomic E-state index is 5.62. The molecule has 0 saturated heterocycles. The zero-order chi connectivity index (χ0) is 12.5. The van der Waals surface area contributed by atoms with E-state index in [0.717, 1.165) is 22.4 Å². The molecule has 0 spiro atoms. The summed E-state index contributed by atoms with van der Waals surface area (Å²) >= 11 is 0. The molecule has 1 aromatic carbocycles. The predicted octanol–water partition coefficient (Wildman–Crippen LogP) is 0.978. The molecule has 0 amide bonds. The van der Waals surface area contributed by atoms with Crippen LogP contribution in [-0.2, 0) is 6.54 Å². The molecule has 6 heteroatoms. The normalized spacial score (nSPS) is 11.0. The minimum Gasteiger partial charge on any atom is -0.325 e. The third kappa shape index (κ3) is 1.72. The van der Waals surface area contributed by atoms with E-state index in [-0.39, 0.29) is 0 Å². The zero-order valence-electron chi connectivity index (χ0n) is 9.91. The fourth-order valence-corrected chi connectivity index (χ4v) is 1.83. The average molecular weight is 240 g/mol. The van der Waals surface area contributed by atoms with Gasteiger partial charge < -0.3 is 5.73 Å². The molecule has 2 heterocycles. The third-order valence-corrected chi connectivity index (χ3v) is 2.65. The van der Waals surface area contributed by atoms with Gasteiger partial charge in [0.25, 0.3) is 5.95 Å². The van der Waals surface area contributed by atoms with Crippen molar-refractivity contribution in [3.8, 4) is 5.95 Å². The highest BCUT2D eigenvalue weighted by atomic mass is 15.5. The number of benzene rings is 1. The second-order valence-electron chi connectivity index (χ2n) is 3.99. The highest BCUT2D eigenvalue weighted by Gasteiger charge is 2.09. The Bertz CT molecular complexity index is 703. The van der Waals surface area contributed by atoms with Crippen LogP contribution in [-0.4, -0.2) is 25.0 Å². The van der Waals surface area contributed by atoms with Gasteiger partial charge >= 0.3 is 0 Å². The van der Waals surface area contributed by atoms with Gasteiger partial charge in [0.15, 0.2) is 0 Å². The van der Waals surface area contributed by atoms with Gasteiger partial charge in [0.2, 0.25) is 0 Å². The monoisotopic (exact) mass is 240 g/mol. The number of hydrogen-bond acceptors (Lipinski definition) is 5. The number of aromatic nitrogens is 5. The van der Waals surface area contributed by atoms with Gasteiger partial charge in [-0.3, -0.25) is 0 Å². The molecular weight excluding hydrogens is 228 g/mol. The first-order valence-corrected chi connectivity index (χ1v) is 5.63. The minimum absolute atomic E-state index is 0.378. The highest BCUT2D eigenvalue weighted by molar-refractivity contribution is 5.75. The topological polar surface area (TPSA) is 82.5 Å². The van der Waals surface area contributed by atoms with Gasteiger partial charge in [-0.05, 0) is 25.1 Å². The Morgan fingerprint density at radius 1 is 1.22 bits per heavy atom. The highest BCUT2D eigenvalue weighted by Crippen LogP contribution is 2.13. The van der Waals surface area contributed by atoms with E-state index >= 15 is 0 Å². The lowest BCUT2D eigenvalue weighted by molar-refractivity contribution is 0.757. The van der Waals surface area contributed by atoms with E-state index in [1.54, 1.807) is 4.68 Å². The van der Waals surface area contributed by atoms with Crippen LogP contribution in [0, 0.1) is 6.92 Å². The average Bonchev–Trinajstić information content (AvgIpc) is 2.81. The largest absolute Gasteiger partial charge is 0.325 e. The minimum atomic E-state index is 0.378. The summed E-state index contributed by atoms with van der Waals surface area (Å²) in [7, 11) is 0. The molecule has 0 unspecified atom stereocenters. The van der Waals surface area contributed by atoms with Crippen LogP contribution in [0.2, 0.25) is 0 Å². The van der Waals surface area contributed by atoms with Crippen LogP contribution in [0.3, 0.4) is 0 Å². The van der Waals surface area contributed by atoms with Gasteiger partial charge in [0.05, 0.1) is 11.2 Å². The molecule has 2 aromatic heterocycles. The van der Waals surface area contributed by atoms with Gasteiger partial charge in [-0.1, -0.05) is 17.3 Å². The summed E-state index contributed by atoms with van der Waals surface area (Å²) in [5.41, 5.74) is 8.97. The molecule has 0 atom stereocenters. The van der Waals surface area contributed by atoms with Crippen LogP contribution in [0.5, 0.6) is 0 Å². The molecule has 0 saturated carbocycles. The van der Waals surface area contributed by atoms with Gasteiger partial charge in [0, 0.05) is 12.2 Å². The Hall–Kier alpha value is -2.34. The lowest BCUT2D eigenvalue weighted by atomic mass is 10.3. The van der Waals surface area contributed by atoms with E-state index in [2.05, 4.69) is 20.3 Å². The summed E-state index contributed by atoms with van der Waals surface area (Å²) in [6.07, 6.45) is 0. The van der Waals surface area contributed by atoms with E-state index in [0.29, 0.717) is 12.5 Å². The second kappa shape index (κ2) is 4.15. The number of rotatable bonds is 2. The van der Waals surface area contributed by atoms with E-state index in [9.17, 15) is 0 Å². The molecule has 3 aromatic rings. The van der Waals surface area contributed by atoms with Crippen molar-refractivity contribution in [1.82, 2.24) is 25.0 Å². The summed E-state index contributed by atoms with van der Waals surface area (Å²) in [5, 5.41) is 8.16. The van der Waals surface area contributed by atoms with E-state index < -0.39 is 0 Å². The maximum absolute atomic E-state index is 5.62. The van der Waals surface area contributed by atoms with Gasteiger partial charge in [-0.25, -0.2) is 9.97 Å². The van der Waals surface area contributed by atoms with Crippen LogP contribution in [0.1, 0.15) is 11.4 Å². The van der Waals surface area contributed by atoms with Crippen LogP contribution in [0.25, 0.3) is 17.0 Å². The molecule has 0 aliphatic carbocycles. The van der Waals surface area contributed by atoms with Crippen LogP contribution < -0.4 is 5.73 Å². The van der Waals surface area contributed by atoms with Crippen molar-refractivity contribution in [2.45, 2.75) is 13.5 Å². The SMILES string of the molecule is Cc1cc(CN)nc(-n2nnc3ccccc32)n1. The second-order valence-corrected chi connectivity index (χ2v) is 3.99. The number of nitrogens with zero attached hydrogens (tertiary/aromatic N) is 5. The van der Waals surface area contributed by atoms with Crippen molar-refractivity contribution >= 4 is 11.0 Å². The van der Waals surface area contributed by atoms with E-state index in [4.69, 9.17) is 5.73 Å². The number of fused-ring (bicyclic) bond motifs is 1. The Morgan fingerprint density at radius 2 is 2.06 bits per heavy atom. The summed E-state index contributed by atoms with van der Waals surface area (Å²) in [4.78, 5) is 8.74. The molecule has 0 bridgehead atoms. The molecule has 6 nitrogen and oxygen atoms in total. The van der Waals surface area contributed by atoms with E-state index in [1.807, 2.05) is 37.3 Å². The van der Waals surface area contributed by atoms with Gasteiger partial charge in [-0.2, -0.15) is 4.68 Å². The van der Waals surface area contributed by atoms with Crippen LogP contribution in [0.15, 0.2) is 30.3 Å². The lowest BCUT2D eigenvalue weighted by Gasteiger charge is -2.04. The summed E-state index contributed by atoms with van der Waals surface area (Å²) < 4.78 is 1.63. The molecule has 90 valence electrons. The Labute approximate surface area is 103 Å². The first kappa shape index (κ1) is 10.8. The van der Waals surface area contributed by atoms with Crippen molar-refractivity contribution in [2.24, 2.45) is 5.73 Å². The number of hydrogen-bond donors (Lipinski definition) is 1.